The highest BCUT2D eigenvalue weighted by Gasteiger charge is 2.05. The average molecular weight is 120 g/mol. The van der Waals surface area contributed by atoms with Crippen molar-refractivity contribution in [2.75, 3.05) is 6.26 Å². The maximum atomic E-state index is 9.91. The van der Waals surface area contributed by atoms with E-state index >= 15 is 0 Å². The van der Waals surface area contributed by atoms with E-state index in [1.165, 1.54) is 11.8 Å². The van der Waals surface area contributed by atoms with E-state index in [0.717, 1.165) is 0 Å². The number of carbonyl (C=O) groups is 1. The SMILES string of the molecule is CS[C@@H](C)C(=O)O. The fourth-order valence-electron chi connectivity index (χ4n) is 0.101. The lowest BCUT2D eigenvalue weighted by molar-refractivity contribution is -0.136. The van der Waals surface area contributed by atoms with Gasteiger partial charge in [0, 0.05) is 0 Å². The monoisotopic (exact) mass is 120 g/mol. The Morgan fingerprint density at radius 3 is 2.29 bits per heavy atom. The third-order valence-corrected chi connectivity index (χ3v) is 1.61. The van der Waals surface area contributed by atoms with Gasteiger partial charge >= 0.3 is 5.97 Å². The third-order valence-electron chi connectivity index (χ3n) is 0.701. The van der Waals surface area contributed by atoms with Crippen LogP contribution in [0.2, 0.25) is 0 Å². The molecule has 3 heteroatoms. The molecule has 0 rings (SSSR count). The second kappa shape index (κ2) is 2.91. The molecule has 0 radical (unpaired) electrons. The number of carboxylic acids is 1. The maximum Gasteiger partial charge on any atom is 0.316 e. The van der Waals surface area contributed by atoms with Crippen molar-refractivity contribution < 1.29 is 9.90 Å². The Balaban J connectivity index is 3.34. The van der Waals surface area contributed by atoms with Gasteiger partial charge in [0.15, 0.2) is 0 Å². The van der Waals surface area contributed by atoms with Gasteiger partial charge in [-0.05, 0) is 13.2 Å². The highest BCUT2D eigenvalue weighted by molar-refractivity contribution is 7.99. The first-order valence-electron chi connectivity index (χ1n) is 1.94. The smallest absolute Gasteiger partial charge is 0.316 e. The van der Waals surface area contributed by atoms with Gasteiger partial charge in [0.25, 0.3) is 0 Å². The van der Waals surface area contributed by atoms with Crippen molar-refractivity contribution in [3.63, 3.8) is 0 Å². The van der Waals surface area contributed by atoms with Crippen LogP contribution in [0.1, 0.15) is 6.92 Å². The van der Waals surface area contributed by atoms with Crippen LogP contribution in [0.4, 0.5) is 0 Å². The van der Waals surface area contributed by atoms with E-state index in [1.54, 1.807) is 13.2 Å². The van der Waals surface area contributed by atoms with Gasteiger partial charge < -0.3 is 5.11 Å². The van der Waals surface area contributed by atoms with E-state index in [0.29, 0.717) is 0 Å². The van der Waals surface area contributed by atoms with E-state index < -0.39 is 5.97 Å². The van der Waals surface area contributed by atoms with Crippen LogP contribution < -0.4 is 0 Å². The molecule has 0 aromatic heterocycles. The van der Waals surface area contributed by atoms with E-state index in [2.05, 4.69) is 0 Å². The first-order chi connectivity index (χ1) is 3.18. The number of thioether (sulfide) groups is 1. The quantitative estimate of drug-likeness (QED) is 0.586. The van der Waals surface area contributed by atoms with Crippen LogP contribution in [0.5, 0.6) is 0 Å². The molecule has 0 aliphatic rings. The molecule has 42 valence electrons. The van der Waals surface area contributed by atoms with E-state index in [1.807, 2.05) is 0 Å². The summed E-state index contributed by atoms with van der Waals surface area (Å²) in [6.45, 7) is 1.66. The molecule has 2 nitrogen and oxygen atoms in total. The van der Waals surface area contributed by atoms with Gasteiger partial charge in [-0.25, -0.2) is 0 Å². The molecular weight excluding hydrogens is 112 g/mol. The van der Waals surface area contributed by atoms with Crippen molar-refractivity contribution in [1.29, 1.82) is 0 Å². The van der Waals surface area contributed by atoms with Crippen molar-refractivity contribution in [1.82, 2.24) is 0 Å². The molecule has 0 aliphatic carbocycles. The third kappa shape index (κ3) is 2.51. The van der Waals surface area contributed by atoms with Gasteiger partial charge in [0.2, 0.25) is 0 Å². The summed E-state index contributed by atoms with van der Waals surface area (Å²) in [7, 11) is 0. The van der Waals surface area contributed by atoms with Crippen molar-refractivity contribution >= 4 is 17.7 Å². The van der Waals surface area contributed by atoms with Crippen molar-refractivity contribution in [3.05, 3.63) is 0 Å². The lowest BCUT2D eigenvalue weighted by Crippen LogP contribution is -2.09. The van der Waals surface area contributed by atoms with Gasteiger partial charge in [-0.3, -0.25) is 4.79 Å². The fraction of sp³-hybridized carbons (Fsp3) is 0.750. The van der Waals surface area contributed by atoms with Gasteiger partial charge in [-0.2, -0.15) is 11.8 Å². The molecule has 1 N–H and O–H groups in total. The number of aliphatic carboxylic acids is 1. The van der Waals surface area contributed by atoms with Gasteiger partial charge in [-0.15, -0.1) is 0 Å². The Hall–Kier alpha value is -0.180. The van der Waals surface area contributed by atoms with Gasteiger partial charge in [0.1, 0.15) is 0 Å². The first kappa shape index (κ1) is 6.82. The number of hydrogen-bond donors (Lipinski definition) is 1. The molecule has 0 aliphatic heterocycles. The highest BCUT2D eigenvalue weighted by Crippen LogP contribution is 2.02. The van der Waals surface area contributed by atoms with Crippen LogP contribution >= 0.6 is 11.8 Å². The van der Waals surface area contributed by atoms with Crippen LogP contribution in [-0.4, -0.2) is 22.6 Å². The molecule has 0 spiro atoms. The zero-order valence-corrected chi connectivity index (χ0v) is 5.16. The Labute approximate surface area is 46.9 Å². The van der Waals surface area contributed by atoms with Crippen LogP contribution in [-0.2, 0) is 4.79 Å². The van der Waals surface area contributed by atoms with Crippen LogP contribution in [0.25, 0.3) is 0 Å². The molecular formula is C4H8O2S. The van der Waals surface area contributed by atoms with Crippen molar-refractivity contribution in [2.24, 2.45) is 0 Å². The van der Waals surface area contributed by atoms with Gasteiger partial charge in [-0.1, -0.05) is 0 Å². The normalized spacial score (nSPS) is 13.4. The lowest BCUT2D eigenvalue weighted by Gasteiger charge is -1.96. The first-order valence-corrected chi connectivity index (χ1v) is 3.23. The minimum Gasteiger partial charge on any atom is -0.480 e. The van der Waals surface area contributed by atoms with Crippen LogP contribution in [0, 0.1) is 0 Å². The molecule has 0 fully saturated rings. The Kier molecular flexibility index (Phi) is 2.83. The molecule has 0 unspecified atom stereocenters. The fourth-order valence-corrected chi connectivity index (χ4v) is 0.302. The van der Waals surface area contributed by atoms with Crippen molar-refractivity contribution in [3.8, 4) is 0 Å². The van der Waals surface area contributed by atoms with Gasteiger partial charge in [0.05, 0.1) is 5.25 Å². The molecule has 0 saturated heterocycles. The number of carboxylic acid groups (broad SMARTS) is 1. The second-order valence-electron chi connectivity index (χ2n) is 1.22. The van der Waals surface area contributed by atoms with Crippen LogP contribution in [0.3, 0.4) is 0 Å². The molecule has 0 bridgehead atoms. The standard InChI is InChI=1S/C4H8O2S/c1-3(7-2)4(5)6/h3H,1-2H3,(H,5,6)/t3-/m0/s1. The Bertz CT molecular complexity index is 72.1. The average Bonchev–Trinajstić information content (AvgIpc) is 1.65. The van der Waals surface area contributed by atoms with E-state index in [4.69, 9.17) is 5.11 Å². The summed E-state index contributed by atoms with van der Waals surface area (Å²) >= 11 is 1.33. The number of hydrogen-bond acceptors (Lipinski definition) is 2. The summed E-state index contributed by atoms with van der Waals surface area (Å²) in [6, 6.07) is 0. The minimum atomic E-state index is -0.743. The largest absolute Gasteiger partial charge is 0.480 e. The Morgan fingerprint density at radius 1 is 1.86 bits per heavy atom. The summed E-state index contributed by atoms with van der Waals surface area (Å²) in [5.74, 6) is -0.743. The molecule has 0 saturated carbocycles. The molecule has 0 amide bonds. The van der Waals surface area contributed by atoms with Crippen molar-refractivity contribution in [2.45, 2.75) is 12.2 Å². The molecule has 1 atom stereocenters. The second-order valence-corrected chi connectivity index (χ2v) is 2.39. The van der Waals surface area contributed by atoms with E-state index in [-0.39, 0.29) is 5.25 Å². The molecule has 7 heavy (non-hydrogen) atoms. The lowest BCUT2D eigenvalue weighted by atomic mass is 10.5. The summed E-state index contributed by atoms with van der Waals surface area (Å²) in [5, 5.41) is 7.90. The summed E-state index contributed by atoms with van der Waals surface area (Å²) in [5.41, 5.74) is 0. The topological polar surface area (TPSA) is 37.3 Å². The zero-order valence-electron chi connectivity index (χ0n) is 4.34. The predicted molar refractivity (Wildman–Crippen MR) is 30.6 cm³/mol. The summed E-state index contributed by atoms with van der Waals surface area (Å²) < 4.78 is 0. The minimum absolute atomic E-state index is 0.264. The van der Waals surface area contributed by atoms with E-state index in [9.17, 15) is 4.79 Å². The number of rotatable bonds is 2. The molecule has 0 heterocycles. The predicted octanol–water partition coefficient (Wildman–Crippen LogP) is 0.823. The molecule has 0 aromatic carbocycles. The Morgan fingerprint density at radius 2 is 2.29 bits per heavy atom. The highest BCUT2D eigenvalue weighted by atomic mass is 32.2. The summed E-state index contributed by atoms with van der Waals surface area (Å²) in [6.07, 6.45) is 1.78. The van der Waals surface area contributed by atoms with Crippen LogP contribution in [0.15, 0.2) is 0 Å². The maximum absolute atomic E-state index is 9.91. The molecule has 0 aromatic rings. The zero-order chi connectivity index (χ0) is 5.86. The summed E-state index contributed by atoms with van der Waals surface area (Å²) in [4.78, 5) is 9.91.